The van der Waals surface area contributed by atoms with E-state index in [9.17, 15) is 4.79 Å². The lowest BCUT2D eigenvalue weighted by atomic mass is 10.1. The van der Waals surface area contributed by atoms with Crippen molar-refractivity contribution >= 4 is 11.7 Å². The van der Waals surface area contributed by atoms with Crippen molar-refractivity contribution < 1.29 is 4.79 Å². The highest BCUT2D eigenvalue weighted by molar-refractivity contribution is 5.93. The van der Waals surface area contributed by atoms with E-state index in [0.29, 0.717) is 5.56 Å². The Labute approximate surface area is 141 Å². The van der Waals surface area contributed by atoms with Gasteiger partial charge in [0.25, 0.3) is 0 Å². The van der Waals surface area contributed by atoms with Gasteiger partial charge in [0.15, 0.2) is 5.82 Å². The first-order chi connectivity index (χ1) is 11.7. The summed E-state index contributed by atoms with van der Waals surface area (Å²) in [7, 11) is 0. The van der Waals surface area contributed by atoms with Crippen molar-refractivity contribution in [1.82, 2.24) is 15.1 Å². The molecule has 1 aliphatic heterocycles. The van der Waals surface area contributed by atoms with Crippen molar-refractivity contribution in [3.05, 3.63) is 42.0 Å². The number of carbonyl (C=O) groups excluding carboxylic acids is 1. The Morgan fingerprint density at radius 2 is 1.67 bits per heavy atom. The fraction of sp³-hybridized carbons (Fsp3) is 0.389. The third-order valence-electron chi connectivity index (χ3n) is 4.82. The van der Waals surface area contributed by atoms with Gasteiger partial charge in [-0.3, -0.25) is 9.69 Å². The number of benzene rings is 1. The van der Waals surface area contributed by atoms with Crippen molar-refractivity contribution in [2.24, 2.45) is 5.73 Å². The number of hydrogen-bond acceptors (Lipinski definition) is 5. The van der Waals surface area contributed by atoms with Gasteiger partial charge < -0.3 is 10.6 Å². The molecule has 24 heavy (non-hydrogen) atoms. The van der Waals surface area contributed by atoms with Crippen LogP contribution in [0.5, 0.6) is 0 Å². The summed E-state index contributed by atoms with van der Waals surface area (Å²) in [5.41, 5.74) is 7.48. The first-order valence-corrected chi connectivity index (χ1v) is 8.44. The van der Waals surface area contributed by atoms with Crippen LogP contribution < -0.4 is 10.6 Å². The summed E-state index contributed by atoms with van der Waals surface area (Å²) >= 11 is 0. The third-order valence-corrected chi connectivity index (χ3v) is 4.82. The Hall–Kier alpha value is -2.47. The molecule has 0 spiro atoms. The fourth-order valence-corrected chi connectivity index (χ4v) is 3.21. The summed E-state index contributed by atoms with van der Waals surface area (Å²) in [6, 6.07) is 12.0. The predicted octanol–water partition coefficient (Wildman–Crippen LogP) is 1.53. The Kier molecular flexibility index (Phi) is 3.90. The standard InChI is InChI=1S/C18H21N5O/c19-18(24)14-3-1-13(2-4-14)16-7-8-17(21-20-16)23-11-9-22(10-12-23)15-5-6-15/h1-4,7-8,15H,5-6,9-12H2,(H2,19,24). The molecule has 2 heterocycles. The molecule has 1 saturated heterocycles. The van der Waals surface area contributed by atoms with Crippen LogP contribution in [0.3, 0.4) is 0 Å². The number of anilines is 1. The molecule has 2 fully saturated rings. The van der Waals surface area contributed by atoms with Crippen molar-refractivity contribution in [3.63, 3.8) is 0 Å². The lowest BCUT2D eigenvalue weighted by Crippen LogP contribution is -2.47. The van der Waals surface area contributed by atoms with Gasteiger partial charge in [-0.2, -0.15) is 0 Å². The maximum absolute atomic E-state index is 11.1. The number of piperazine rings is 1. The van der Waals surface area contributed by atoms with Gasteiger partial charge in [0.1, 0.15) is 0 Å². The van der Waals surface area contributed by atoms with Crippen molar-refractivity contribution in [3.8, 4) is 11.3 Å². The first kappa shape index (κ1) is 15.1. The molecule has 0 atom stereocenters. The topological polar surface area (TPSA) is 75.4 Å². The Morgan fingerprint density at radius 1 is 0.958 bits per heavy atom. The van der Waals surface area contributed by atoms with Crippen molar-refractivity contribution in [1.29, 1.82) is 0 Å². The molecule has 2 aromatic rings. The largest absolute Gasteiger partial charge is 0.366 e. The van der Waals surface area contributed by atoms with E-state index in [1.54, 1.807) is 12.1 Å². The SMILES string of the molecule is NC(=O)c1ccc(-c2ccc(N3CCN(C4CC4)CC3)nn2)cc1. The molecule has 1 aromatic heterocycles. The molecule has 4 rings (SSSR count). The van der Waals surface area contributed by atoms with E-state index < -0.39 is 5.91 Å². The minimum atomic E-state index is -0.423. The van der Waals surface area contributed by atoms with Gasteiger partial charge in [-0.25, -0.2) is 0 Å². The summed E-state index contributed by atoms with van der Waals surface area (Å²) < 4.78 is 0. The smallest absolute Gasteiger partial charge is 0.248 e. The number of hydrogen-bond donors (Lipinski definition) is 1. The molecule has 6 heteroatoms. The normalized spacial score (nSPS) is 18.6. The molecule has 1 saturated carbocycles. The summed E-state index contributed by atoms with van der Waals surface area (Å²) in [5, 5.41) is 8.73. The average molecular weight is 323 g/mol. The Bertz CT molecular complexity index is 716. The van der Waals surface area contributed by atoms with E-state index in [0.717, 1.165) is 49.3 Å². The van der Waals surface area contributed by atoms with Gasteiger partial charge in [-0.1, -0.05) is 12.1 Å². The number of nitrogens with two attached hydrogens (primary N) is 1. The third kappa shape index (κ3) is 3.10. The lowest BCUT2D eigenvalue weighted by molar-refractivity contribution is 0.100. The van der Waals surface area contributed by atoms with Crippen LogP contribution in [-0.4, -0.2) is 53.2 Å². The second-order valence-corrected chi connectivity index (χ2v) is 6.47. The fourth-order valence-electron chi connectivity index (χ4n) is 3.21. The second-order valence-electron chi connectivity index (χ2n) is 6.47. The lowest BCUT2D eigenvalue weighted by Gasteiger charge is -2.35. The van der Waals surface area contributed by atoms with Crippen LogP contribution in [-0.2, 0) is 0 Å². The minimum absolute atomic E-state index is 0.423. The molecule has 0 bridgehead atoms. The van der Waals surface area contributed by atoms with Crippen molar-refractivity contribution in [2.45, 2.75) is 18.9 Å². The van der Waals surface area contributed by atoms with E-state index >= 15 is 0 Å². The second kappa shape index (κ2) is 6.20. The molecular formula is C18H21N5O. The molecular weight excluding hydrogens is 302 g/mol. The molecule has 2 N–H and O–H groups in total. The average Bonchev–Trinajstić information content (AvgIpc) is 3.47. The summed E-state index contributed by atoms with van der Waals surface area (Å²) in [4.78, 5) is 16.0. The molecule has 0 unspecified atom stereocenters. The zero-order valence-electron chi connectivity index (χ0n) is 13.6. The van der Waals surface area contributed by atoms with E-state index in [1.807, 2.05) is 24.3 Å². The molecule has 0 radical (unpaired) electrons. The number of carbonyl (C=O) groups is 1. The molecule has 124 valence electrons. The van der Waals surface area contributed by atoms with Gasteiger partial charge in [-0.15, -0.1) is 10.2 Å². The Balaban J connectivity index is 1.43. The quantitative estimate of drug-likeness (QED) is 0.923. The van der Waals surface area contributed by atoms with Crippen LogP contribution in [0.1, 0.15) is 23.2 Å². The highest BCUT2D eigenvalue weighted by Crippen LogP contribution is 2.28. The Morgan fingerprint density at radius 3 is 2.21 bits per heavy atom. The molecule has 1 aromatic carbocycles. The van der Waals surface area contributed by atoms with Gasteiger partial charge in [0, 0.05) is 43.3 Å². The van der Waals surface area contributed by atoms with Crippen LogP contribution in [0.4, 0.5) is 5.82 Å². The van der Waals surface area contributed by atoms with E-state index in [2.05, 4.69) is 20.0 Å². The number of primary amides is 1. The summed E-state index contributed by atoms with van der Waals surface area (Å²) in [5.74, 6) is 0.510. The summed E-state index contributed by atoms with van der Waals surface area (Å²) in [6.07, 6.45) is 2.73. The molecule has 6 nitrogen and oxygen atoms in total. The number of nitrogens with zero attached hydrogens (tertiary/aromatic N) is 4. The van der Waals surface area contributed by atoms with Crippen LogP contribution in [0.2, 0.25) is 0 Å². The monoisotopic (exact) mass is 323 g/mol. The summed E-state index contributed by atoms with van der Waals surface area (Å²) in [6.45, 7) is 4.25. The van der Waals surface area contributed by atoms with Crippen LogP contribution >= 0.6 is 0 Å². The number of amides is 1. The van der Waals surface area contributed by atoms with Crippen LogP contribution in [0, 0.1) is 0 Å². The van der Waals surface area contributed by atoms with Gasteiger partial charge in [-0.05, 0) is 37.1 Å². The zero-order valence-corrected chi connectivity index (χ0v) is 13.6. The highest BCUT2D eigenvalue weighted by atomic mass is 16.1. The maximum Gasteiger partial charge on any atom is 0.248 e. The predicted molar refractivity (Wildman–Crippen MR) is 92.8 cm³/mol. The van der Waals surface area contributed by atoms with Gasteiger partial charge >= 0.3 is 0 Å². The minimum Gasteiger partial charge on any atom is -0.366 e. The number of rotatable bonds is 4. The van der Waals surface area contributed by atoms with E-state index in [4.69, 9.17) is 5.73 Å². The first-order valence-electron chi connectivity index (χ1n) is 8.44. The molecule has 1 amide bonds. The molecule has 1 aliphatic carbocycles. The van der Waals surface area contributed by atoms with E-state index in [1.165, 1.54) is 12.8 Å². The number of aromatic nitrogens is 2. The van der Waals surface area contributed by atoms with Gasteiger partial charge in [0.2, 0.25) is 5.91 Å². The van der Waals surface area contributed by atoms with Gasteiger partial charge in [0.05, 0.1) is 5.69 Å². The molecule has 2 aliphatic rings. The zero-order chi connectivity index (χ0) is 16.5. The van der Waals surface area contributed by atoms with Crippen molar-refractivity contribution in [2.75, 3.05) is 31.1 Å². The maximum atomic E-state index is 11.1. The van der Waals surface area contributed by atoms with Crippen LogP contribution in [0.25, 0.3) is 11.3 Å². The van der Waals surface area contributed by atoms with E-state index in [-0.39, 0.29) is 0 Å². The highest BCUT2D eigenvalue weighted by Gasteiger charge is 2.31. The van der Waals surface area contributed by atoms with Crippen LogP contribution in [0.15, 0.2) is 36.4 Å².